The normalized spacial score (nSPS) is 26.7. The molecule has 2 aliphatic rings. The highest BCUT2D eigenvalue weighted by molar-refractivity contribution is 7.80. The van der Waals surface area contributed by atoms with E-state index < -0.39 is 0 Å². The molecule has 1 unspecified atom stereocenters. The molecule has 2 N–H and O–H groups in total. The van der Waals surface area contributed by atoms with Crippen LogP contribution in [0.3, 0.4) is 0 Å². The average Bonchev–Trinajstić information content (AvgIpc) is 2.40. The first-order valence-corrected chi connectivity index (χ1v) is 7.80. The first-order valence-electron chi connectivity index (χ1n) is 7.39. The maximum absolute atomic E-state index is 6.10. The van der Waals surface area contributed by atoms with Gasteiger partial charge in [-0.2, -0.15) is 0 Å². The Labute approximate surface area is 121 Å². The molecule has 0 aromatic rings. The van der Waals surface area contributed by atoms with Gasteiger partial charge >= 0.3 is 0 Å². The van der Waals surface area contributed by atoms with Crippen LogP contribution in [-0.2, 0) is 9.47 Å². The average molecular weight is 286 g/mol. The van der Waals surface area contributed by atoms with Crippen molar-refractivity contribution in [1.82, 2.24) is 4.90 Å². The summed E-state index contributed by atoms with van der Waals surface area (Å²) < 4.78 is 11.6. The minimum absolute atomic E-state index is 0.0673. The van der Waals surface area contributed by atoms with Crippen molar-refractivity contribution in [2.24, 2.45) is 5.73 Å². The summed E-state index contributed by atoms with van der Waals surface area (Å²) in [6, 6.07) is 0.603. The van der Waals surface area contributed by atoms with Crippen molar-refractivity contribution in [1.29, 1.82) is 0 Å². The number of hydrogen-bond acceptors (Lipinski definition) is 4. The Morgan fingerprint density at radius 2 is 2.11 bits per heavy atom. The lowest BCUT2D eigenvalue weighted by Crippen LogP contribution is -2.51. The Bertz CT molecular complexity index is 300. The summed E-state index contributed by atoms with van der Waals surface area (Å²) in [7, 11) is 0. The molecule has 5 heteroatoms. The van der Waals surface area contributed by atoms with Crippen LogP contribution in [0.2, 0.25) is 0 Å². The van der Waals surface area contributed by atoms with Crippen molar-refractivity contribution in [3.8, 4) is 0 Å². The zero-order chi connectivity index (χ0) is 13.7. The summed E-state index contributed by atoms with van der Waals surface area (Å²) in [5.41, 5.74) is 5.69. The van der Waals surface area contributed by atoms with Gasteiger partial charge < -0.3 is 20.1 Å². The summed E-state index contributed by atoms with van der Waals surface area (Å²) in [5.74, 6) is 0. The van der Waals surface area contributed by atoms with Crippen molar-refractivity contribution in [3.05, 3.63) is 0 Å². The van der Waals surface area contributed by atoms with Crippen LogP contribution in [0.25, 0.3) is 0 Å². The fourth-order valence-electron chi connectivity index (χ4n) is 3.26. The van der Waals surface area contributed by atoms with E-state index in [2.05, 4.69) is 11.8 Å². The van der Waals surface area contributed by atoms with Crippen LogP contribution in [0.15, 0.2) is 0 Å². The van der Waals surface area contributed by atoms with Crippen LogP contribution in [0.1, 0.15) is 39.0 Å². The minimum Gasteiger partial charge on any atom is -0.393 e. The van der Waals surface area contributed by atoms with E-state index >= 15 is 0 Å². The van der Waals surface area contributed by atoms with Crippen molar-refractivity contribution in [3.63, 3.8) is 0 Å². The first-order chi connectivity index (χ1) is 9.15. The minimum atomic E-state index is 0.0673. The second-order valence-corrected chi connectivity index (χ2v) is 6.16. The Morgan fingerprint density at radius 1 is 1.37 bits per heavy atom. The van der Waals surface area contributed by atoms with Crippen LogP contribution < -0.4 is 5.73 Å². The molecule has 2 saturated heterocycles. The number of thiocarbonyl (C=S) groups is 1. The van der Waals surface area contributed by atoms with Gasteiger partial charge in [-0.15, -0.1) is 0 Å². The number of nitrogens with zero attached hydrogens (tertiary/aromatic N) is 1. The van der Waals surface area contributed by atoms with Gasteiger partial charge in [-0.05, 0) is 32.2 Å². The van der Waals surface area contributed by atoms with E-state index in [1.54, 1.807) is 0 Å². The van der Waals surface area contributed by atoms with Gasteiger partial charge in [-0.3, -0.25) is 0 Å². The smallest absolute Gasteiger partial charge is 0.0741 e. The lowest BCUT2D eigenvalue weighted by Gasteiger charge is -2.46. The second-order valence-electron chi connectivity index (χ2n) is 5.64. The molecule has 0 amide bonds. The van der Waals surface area contributed by atoms with Crippen molar-refractivity contribution >= 4 is 17.2 Å². The number of ether oxygens (including phenoxy) is 2. The molecule has 0 aromatic heterocycles. The molecule has 0 radical (unpaired) electrons. The van der Waals surface area contributed by atoms with Crippen LogP contribution in [0, 0.1) is 0 Å². The van der Waals surface area contributed by atoms with E-state index in [9.17, 15) is 0 Å². The molecular weight excluding hydrogens is 260 g/mol. The third-order valence-electron chi connectivity index (χ3n) is 4.44. The predicted octanol–water partition coefficient (Wildman–Crippen LogP) is 1.71. The van der Waals surface area contributed by atoms with E-state index in [4.69, 9.17) is 27.4 Å². The Kier molecular flexibility index (Phi) is 5.57. The van der Waals surface area contributed by atoms with E-state index in [-0.39, 0.29) is 5.60 Å². The molecular formula is C14H26N2O2S. The second kappa shape index (κ2) is 6.97. The van der Waals surface area contributed by atoms with Crippen molar-refractivity contribution < 1.29 is 9.47 Å². The van der Waals surface area contributed by atoms with Crippen LogP contribution in [-0.4, -0.2) is 54.4 Å². The predicted molar refractivity (Wildman–Crippen MR) is 80.4 cm³/mol. The summed E-state index contributed by atoms with van der Waals surface area (Å²) in [6.07, 6.45) is 5.14. The van der Waals surface area contributed by atoms with E-state index in [1.165, 1.54) is 0 Å². The SMILES string of the molecule is CCN(CCC(N)=S)C1CCOC2(CCOCC2)C1. The van der Waals surface area contributed by atoms with Gasteiger partial charge in [-0.1, -0.05) is 19.1 Å². The standard InChI is InChI=1S/C14H26N2O2S/c1-2-16(7-3-13(15)19)12-4-8-18-14(11-12)5-9-17-10-6-14/h12H,2-11H2,1H3,(H2,15,19). The number of hydrogen-bond donors (Lipinski definition) is 1. The summed E-state index contributed by atoms with van der Waals surface area (Å²) in [5, 5.41) is 0. The quantitative estimate of drug-likeness (QED) is 0.780. The molecule has 0 bridgehead atoms. The van der Waals surface area contributed by atoms with Crippen LogP contribution in [0.5, 0.6) is 0 Å². The summed E-state index contributed by atoms with van der Waals surface area (Å²) in [4.78, 5) is 3.13. The molecule has 2 rings (SSSR count). The Balaban J connectivity index is 1.92. The molecule has 1 spiro atoms. The van der Waals surface area contributed by atoms with Gasteiger partial charge in [0.05, 0.1) is 10.6 Å². The summed E-state index contributed by atoms with van der Waals surface area (Å²) >= 11 is 4.99. The molecule has 2 aliphatic heterocycles. The lowest BCUT2D eigenvalue weighted by atomic mass is 9.83. The Morgan fingerprint density at radius 3 is 2.74 bits per heavy atom. The van der Waals surface area contributed by atoms with Gasteiger partial charge in [0.15, 0.2) is 0 Å². The first kappa shape index (κ1) is 15.2. The number of rotatable bonds is 5. The third kappa shape index (κ3) is 4.12. The van der Waals surface area contributed by atoms with Crippen molar-refractivity contribution in [2.45, 2.75) is 50.7 Å². The van der Waals surface area contributed by atoms with Crippen LogP contribution in [0.4, 0.5) is 0 Å². The van der Waals surface area contributed by atoms with Gasteiger partial charge in [0, 0.05) is 38.8 Å². The highest BCUT2D eigenvalue weighted by Gasteiger charge is 2.40. The van der Waals surface area contributed by atoms with Gasteiger partial charge in [-0.25, -0.2) is 0 Å². The van der Waals surface area contributed by atoms with Crippen LogP contribution >= 0.6 is 12.2 Å². The monoisotopic (exact) mass is 286 g/mol. The van der Waals surface area contributed by atoms with Gasteiger partial charge in [0.1, 0.15) is 0 Å². The maximum Gasteiger partial charge on any atom is 0.0741 e. The molecule has 4 nitrogen and oxygen atoms in total. The lowest BCUT2D eigenvalue weighted by molar-refractivity contribution is -0.151. The number of nitrogens with two attached hydrogens (primary N) is 1. The molecule has 0 aromatic carbocycles. The zero-order valence-electron chi connectivity index (χ0n) is 11.9. The summed E-state index contributed by atoms with van der Waals surface area (Å²) in [6.45, 7) is 6.79. The Hall–Kier alpha value is -0.230. The van der Waals surface area contributed by atoms with E-state index in [1.807, 2.05) is 0 Å². The topological polar surface area (TPSA) is 47.7 Å². The van der Waals surface area contributed by atoms with Crippen molar-refractivity contribution in [2.75, 3.05) is 32.9 Å². The highest BCUT2D eigenvalue weighted by atomic mass is 32.1. The van der Waals surface area contributed by atoms with Gasteiger partial charge in [0.2, 0.25) is 0 Å². The van der Waals surface area contributed by atoms with Gasteiger partial charge in [0.25, 0.3) is 0 Å². The molecule has 0 aliphatic carbocycles. The molecule has 110 valence electrons. The highest BCUT2D eigenvalue weighted by Crippen LogP contribution is 2.36. The molecule has 19 heavy (non-hydrogen) atoms. The zero-order valence-corrected chi connectivity index (χ0v) is 12.7. The molecule has 2 heterocycles. The molecule has 0 saturated carbocycles. The molecule has 2 fully saturated rings. The fourth-order valence-corrected chi connectivity index (χ4v) is 3.35. The largest absolute Gasteiger partial charge is 0.393 e. The third-order valence-corrected chi connectivity index (χ3v) is 4.64. The fraction of sp³-hybridized carbons (Fsp3) is 0.929. The van der Waals surface area contributed by atoms with E-state index in [0.717, 1.165) is 65.0 Å². The molecule has 1 atom stereocenters. The maximum atomic E-state index is 6.10. The van der Waals surface area contributed by atoms with E-state index in [0.29, 0.717) is 11.0 Å².